The maximum absolute atomic E-state index is 11.7. The summed E-state index contributed by atoms with van der Waals surface area (Å²) in [6.45, 7) is 4.21. The van der Waals surface area contributed by atoms with Crippen LogP contribution in [0.4, 0.5) is 0 Å². The zero-order chi connectivity index (χ0) is 11.6. The van der Waals surface area contributed by atoms with Crippen LogP contribution in [0, 0.1) is 0 Å². The summed E-state index contributed by atoms with van der Waals surface area (Å²) in [5, 5.41) is 0. The number of ether oxygens (including phenoxy) is 2. The van der Waals surface area contributed by atoms with Gasteiger partial charge in [0.15, 0.2) is 5.60 Å². The first-order chi connectivity index (χ1) is 7.68. The van der Waals surface area contributed by atoms with E-state index < -0.39 is 5.60 Å². The molecule has 16 heavy (non-hydrogen) atoms. The molecule has 0 saturated carbocycles. The molecule has 0 aliphatic carbocycles. The van der Waals surface area contributed by atoms with E-state index in [4.69, 9.17) is 9.47 Å². The predicted molar refractivity (Wildman–Crippen MR) is 59.9 cm³/mol. The molecule has 3 nitrogen and oxygen atoms in total. The second-order valence-electron chi connectivity index (χ2n) is 4.15. The molecule has 1 heterocycles. The molecule has 0 N–H and O–H groups in total. The van der Waals surface area contributed by atoms with Crippen molar-refractivity contribution in [1.82, 2.24) is 0 Å². The quantitative estimate of drug-likeness (QED) is 0.578. The van der Waals surface area contributed by atoms with E-state index in [1.54, 1.807) is 6.92 Å². The molecule has 1 aromatic carbocycles. The molecule has 2 rings (SSSR count). The van der Waals surface area contributed by atoms with Gasteiger partial charge >= 0.3 is 5.97 Å². The predicted octanol–water partition coefficient (Wildman–Crippen LogP) is 2.47. The number of carbonyl (C=O) groups is 1. The highest BCUT2D eigenvalue weighted by Gasteiger charge is 2.60. The van der Waals surface area contributed by atoms with E-state index in [-0.39, 0.29) is 12.1 Å². The molecule has 2 unspecified atom stereocenters. The van der Waals surface area contributed by atoms with Crippen LogP contribution in [0.1, 0.15) is 31.9 Å². The van der Waals surface area contributed by atoms with E-state index in [9.17, 15) is 4.79 Å². The van der Waals surface area contributed by atoms with E-state index in [0.29, 0.717) is 6.61 Å². The number of esters is 1. The van der Waals surface area contributed by atoms with Gasteiger partial charge < -0.3 is 9.47 Å². The highest BCUT2D eigenvalue weighted by Crippen LogP contribution is 2.49. The summed E-state index contributed by atoms with van der Waals surface area (Å²) < 4.78 is 10.6. The largest absolute Gasteiger partial charge is 0.463 e. The van der Waals surface area contributed by atoms with Crippen molar-refractivity contribution in [3.05, 3.63) is 35.9 Å². The summed E-state index contributed by atoms with van der Waals surface area (Å²) in [4.78, 5) is 11.7. The molecule has 0 aromatic heterocycles. The van der Waals surface area contributed by atoms with E-state index in [2.05, 4.69) is 0 Å². The summed E-state index contributed by atoms with van der Waals surface area (Å²) in [6.07, 6.45) is 0.677. The van der Waals surface area contributed by atoms with Gasteiger partial charge in [0.25, 0.3) is 0 Å². The first-order valence-electron chi connectivity index (χ1n) is 5.58. The van der Waals surface area contributed by atoms with Crippen molar-refractivity contribution in [3.8, 4) is 0 Å². The van der Waals surface area contributed by atoms with Crippen LogP contribution in [0.5, 0.6) is 0 Å². The van der Waals surface area contributed by atoms with Crippen LogP contribution in [0.15, 0.2) is 30.3 Å². The number of benzene rings is 1. The molecular formula is C13H16O3. The van der Waals surface area contributed by atoms with Gasteiger partial charge in [0, 0.05) is 0 Å². The van der Waals surface area contributed by atoms with Crippen LogP contribution in [0.3, 0.4) is 0 Å². The lowest BCUT2D eigenvalue weighted by Gasteiger charge is -2.06. The van der Waals surface area contributed by atoms with Crippen molar-refractivity contribution in [2.24, 2.45) is 0 Å². The Balaban J connectivity index is 2.01. The Morgan fingerprint density at radius 1 is 1.44 bits per heavy atom. The molecular weight excluding hydrogens is 204 g/mol. The van der Waals surface area contributed by atoms with Crippen molar-refractivity contribution in [2.45, 2.75) is 32.0 Å². The molecule has 0 radical (unpaired) electrons. The van der Waals surface area contributed by atoms with Gasteiger partial charge in [-0.3, -0.25) is 0 Å². The number of epoxide rings is 1. The van der Waals surface area contributed by atoms with Crippen LogP contribution in [-0.4, -0.2) is 18.2 Å². The SMILES string of the molecule is CCCOC(=O)C1(C)OC1c1ccccc1. The second kappa shape index (κ2) is 4.26. The summed E-state index contributed by atoms with van der Waals surface area (Å²) in [6, 6.07) is 9.74. The lowest BCUT2D eigenvalue weighted by atomic mass is 10.0. The summed E-state index contributed by atoms with van der Waals surface area (Å²) >= 11 is 0. The van der Waals surface area contributed by atoms with E-state index in [1.807, 2.05) is 37.3 Å². The smallest absolute Gasteiger partial charge is 0.341 e. The van der Waals surface area contributed by atoms with E-state index in [1.165, 1.54) is 0 Å². The average molecular weight is 220 g/mol. The Hall–Kier alpha value is -1.35. The zero-order valence-corrected chi connectivity index (χ0v) is 9.60. The van der Waals surface area contributed by atoms with Gasteiger partial charge in [-0.15, -0.1) is 0 Å². The molecule has 86 valence electrons. The molecule has 1 aliphatic rings. The molecule has 0 spiro atoms. The highest BCUT2D eigenvalue weighted by molar-refractivity contribution is 5.83. The number of hydrogen-bond donors (Lipinski definition) is 0. The molecule has 1 aliphatic heterocycles. The first-order valence-corrected chi connectivity index (χ1v) is 5.58. The van der Waals surface area contributed by atoms with Crippen molar-refractivity contribution >= 4 is 5.97 Å². The van der Waals surface area contributed by atoms with E-state index >= 15 is 0 Å². The van der Waals surface area contributed by atoms with Crippen LogP contribution in [-0.2, 0) is 14.3 Å². The number of hydrogen-bond acceptors (Lipinski definition) is 3. The minimum absolute atomic E-state index is 0.155. The van der Waals surface area contributed by atoms with Crippen molar-refractivity contribution in [2.75, 3.05) is 6.61 Å². The Morgan fingerprint density at radius 3 is 2.75 bits per heavy atom. The molecule has 0 bridgehead atoms. The maximum Gasteiger partial charge on any atom is 0.341 e. The summed E-state index contributed by atoms with van der Waals surface area (Å²) in [7, 11) is 0. The Kier molecular flexibility index (Phi) is 2.97. The minimum atomic E-state index is -0.781. The Morgan fingerprint density at radius 2 is 2.12 bits per heavy atom. The third-order valence-electron chi connectivity index (χ3n) is 2.75. The fraction of sp³-hybridized carbons (Fsp3) is 0.462. The number of rotatable bonds is 4. The Bertz CT molecular complexity index is 374. The van der Waals surface area contributed by atoms with Crippen LogP contribution in [0.2, 0.25) is 0 Å². The van der Waals surface area contributed by atoms with Crippen molar-refractivity contribution in [3.63, 3.8) is 0 Å². The summed E-state index contributed by atoms with van der Waals surface area (Å²) in [5.41, 5.74) is 0.245. The summed E-state index contributed by atoms with van der Waals surface area (Å²) in [5.74, 6) is -0.261. The van der Waals surface area contributed by atoms with Gasteiger partial charge in [-0.1, -0.05) is 37.3 Å². The first kappa shape index (κ1) is 11.1. The molecule has 1 fully saturated rings. The van der Waals surface area contributed by atoms with Gasteiger partial charge in [-0.05, 0) is 18.9 Å². The lowest BCUT2D eigenvalue weighted by molar-refractivity contribution is -0.149. The highest BCUT2D eigenvalue weighted by atomic mass is 16.7. The van der Waals surface area contributed by atoms with Gasteiger partial charge in [0.05, 0.1) is 6.61 Å². The topological polar surface area (TPSA) is 38.8 Å². The van der Waals surface area contributed by atoms with Crippen LogP contribution >= 0.6 is 0 Å². The van der Waals surface area contributed by atoms with Gasteiger partial charge in [-0.25, -0.2) is 4.79 Å². The van der Waals surface area contributed by atoms with Crippen LogP contribution in [0.25, 0.3) is 0 Å². The normalized spacial score (nSPS) is 27.5. The minimum Gasteiger partial charge on any atom is -0.463 e. The molecule has 1 saturated heterocycles. The standard InChI is InChI=1S/C13H16O3/c1-3-9-15-12(14)13(2)11(16-13)10-7-5-4-6-8-10/h4-8,11H,3,9H2,1-2H3. The zero-order valence-electron chi connectivity index (χ0n) is 9.60. The fourth-order valence-corrected chi connectivity index (χ4v) is 1.72. The van der Waals surface area contributed by atoms with Gasteiger partial charge in [0.1, 0.15) is 6.10 Å². The molecule has 0 amide bonds. The Labute approximate surface area is 95.4 Å². The maximum atomic E-state index is 11.7. The third-order valence-corrected chi connectivity index (χ3v) is 2.75. The van der Waals surface area contributed by atoms with Crippen LogP contribution < -0.4 is 0 Å². The van der Waals surface area contributed by atoms with Gasteiger partial charge in [-0.2, -0.15) is 0 Å². The fourth-order valence-electron chi connectivity index (χ4n) is 1.72. The van der Waals surface area contributed by atoms with E-state index in [0.717, 1.165) is 12.0 Å². The molecule has 3 heteroatoms. The molecule has 1 aromatic rings. The lowest BCUT2D eigenvalue weighted by Crippen LogP contribution is -2.24. The third kappa shape index (κ3) is 1.95. The second-order valence-corrected chi connectivity index (χ2v) is 4.15. The van der Waals surface area contributed by atoms with Crippen molar-refractivity contribution in [1.29, 1.82) is 0 Å². The van der Waals surface area contributed by atoms with Crippen molar-refractivity contribution < 1.29 is 14.3 Å². The molecule has 2 atom stereocenters. The monoisotopic (exact) mass is 220 g/mol. The average Bonchev–Trinajstić information content (AvgIpc) is 3.01. The van der Waals surface area contributed by atoms with Gasteiger partial charge in [0.2, 0.25) is 0 Å². The number of carbonyl (C=O) groups excluding carboxylic acids is 1.